The Bertz CT molecular complexity index is 636. The van der Waals surface area contributed by atoms with E-state index in [1.807, 2.05) is 13.0 Å². The summed E-state index contributed by atoms with van der Waals surface area (Å²) in [6, 6.07) is 5.45. The van der Waals surface area contributed by atoms with E-state index in [2.05, 4.69) is 4.98 Å². The number of methoxy groups -OCH3 is 1. The summed E-state index contributed by atoms with van der Waals surface area (Å²) in [6.07, 6.45) is 0. The maximum absolute atomic E-state index is 11.1. The van der Waals surface area contributed by atoms with Crippen LogP contribution in [0.1, 0.15) is 22.3 Å². The van der Waals surface area contributed by atoms with Crippen molar-refractivity contribution in [3.63, 3.8) is 0 Å². The number of aromatic nitrogens is 1. The van der Waals surface area contributed by atoms with Crippen molar-refractivity contribution in [3.8, 4) is 22.1 Å². The zero-order valence-corrected chi connectivity index (χ0v) is 12.3. The van der Waals surface area contributed by atoms with Crippen LogP contribution in [-0.2, 0) is 0 Å². The lowest BCUT2D eigenvalue weighted by Gasteiger charge is -2.09. The predicted octanol–water partition coefficient (Wildman–Crippen LogP) is 3.22. The van der Waals surface area contributed by atoms with Gasteiger partial charge >= 0.3 is 5.97 Å². The molecule has 20 heavy (non-hydrogen) atoms. The maximum atomic E-state index is 11.1. The molecular formula is C14H15NO4S. The highest BCUT2D eigenvalue weighted by Gasteiger charge is 2.16. The van der Waals surface area contributed by atoms with Gasteiger partial charge in [0.15, 0.2) is 11.5 Å². The molecule has 0 fully saturated rings. The molecule has 1 N–H and O–H groups in total. The molecule has 2 rings (SSSR count). The van der Waals surface area contributed by atoms with Crippen LogP contribution in [0.15, 0.2) is 18.2 Å². The Kier molecular flexibility index (Phi) is 4.24. The highest BCUT2D eigenvalue weighted by Crippen LogP contribution is 2.35. The van der Waals surface area contributed by atoms with Crippen LogP contribution in [0, 0.1) is 6.92 Å². The van der Waals surface area contributed by atoms with Crippen molar-refractivity contribution in [2.75, 3.05) is 13.7 Å². The van der Waals surface area contributed by atoms with Crippen molar-refractivity contribution < 1.29 is 19.4 Å². The Balaban J connectivity index is 2.42. The van der Waals surface area contributed by atoms with Crippen LogP contribution >= 0.6 is 11.3 Å². The fraction of sp³-hybridized carbons (Fsp3) is 0.286. The summed E-state index contributed by atoms with van der Waals surface area (Å²) >= 11 is 1.15. The second kappa shape index (κ2) is 5.92. The topological polar surface area (TPSA) is 68.7 Å². The summed E-state index contributed by atoms with van der Waals surface area (Å²) in [5.41, 5.74) is 1.33. The van der Waals surface area contributed by atoms with Gasteiger partial charge < -0.3 is 14.6 Å². The second-order valence-corrected chi connectivity index (χ2v) is 5.04. The Hall–Kier alpha value is -2.08. The molecule has 1 heterocycles. The molecule has 0 saturated carbocycles. The van der Waals surface area contributed by atoms with Crippen LogP contribution < -0.4 is 9.47 Å². The molecule has 0 aliphatic heterocycles. The minimum Gasteiger partial charge on any atom is -0.493 e. The number of carboxylic acids is 1. The van der Waals surface area contributed by atoms with Gasteiger partial charge in [0, 0.05) is 5.56 Å². The average molecular weight is 293 g/mol. The number of hydrogen-bond acceptors (Lipinski definition) is 5. The Morgan fingerprint density at radius 1 is 1.40 bits per heavy atom. The number of benzene rings is 1. The minimum atomic E-state index is -0.954. The fourth-order valence-corrected chi connectivity index (χ4v) is 2.70. The van der Waals surface area contributed by atoms with E-state index in [1.165, 1.54) is 0 Å². The van der Waals surface area contributed by atoms with Crippen LogP contribution in [0.2, 0.25) is 0 Å². The molecule has 0 unspecified atom stereocenters. The van der Waals surface area contributed by atoms with Crippen molar-refractivity contribution >= 4 is 17.3 Å². The molecule has 106 valence electrons. The minimum absolute atomic E-state index is 0.257. The van der Waals surface area contributed by atoms with E-state index in [9.17, 15) is 4.79 Å². The van der Waals surface area contributed by atoms with Crippen LogP contribution in [0.5, 0.6) is 11.5 Å². The van der Waals surface area contributed by atoms with Gasteiger partial charge in [-0.3, -0.25) is 0 Å². The first-order valence-electron chi connectivity index (χ1n) is 6.08. The molecule has 0 amide bonds. The first-order valence-corrected chi connectivity index (χ1v) is 6.90. The van der Waals surface area contributed by atoms with E-state index in [1.54, 1.807) is 26.2 Å². The largest absolute Gasteiger partial charge is 0.493 e. The molecule has 0 saturated heterocycles. The van der Waals surface area contributed by atoms with E-state index in [-0.39, 0.29) is 4.88 Å². The lowest BCUT2D eigenvalue weighted by Crippen LogP contribution is -1.95. The second-order valence-electron chi connectivity index (χ2n) is 4.04. The number of ether oxygens (including phenoxy) is 2. The molecule has 0 radical (unpaired) electrons. The molecule has 0 aliphatic rings. The normalized spacial score (nSPS) is 10.3. The lowest BCUT2D eigenvalue weighted by molar-refractivity contribution is 0.0701. The summed E-state index contributed by atoms with van der Waals surface area (Å²) in [4.78, 5) is 15.6. The van der Waals surface area contributed by atoms with Crippen LogP contribution in [0.4, 0.5) is 0 Å². The van der Waals surface area contributed by atoms with Gasteiger partial charge in [0.05, 0.1) is 19.4 Å². The van der Waals surface area contributed by atoms with Crippen molar-refractivity contribution in [2.45, 2.75) is 13.8 Å². The number of hydrogen-bond donors (Lipinski definition) is 1. The van der Waals surface area contributed by atoms with Gasteiger partial charge in [0.25, 0.3) is 0 Å². The summed E-state index contributed by atoms with van der Waals surface area (Å²) in [5.74, 6) is 0.309. The van der Waals surface area contributed by atoms with Crippen molar-refractivity contribution in [1.29, 1.82) is 0 Å². The number of nitrogens with zero attached hydrogens (tertiary/aromatic N) is 1. The highest BCUT2D eigenvalue weighted by molar-refractivity contribution is 7.17. The van der Waals surface area contributed by atoms with E-state index >= 15 is 0 Å². The van der Waals surface area contributed by atoms with Gasteiger partial charge in [0.1, 0.15) is 9.88 Å². The van der Waals surface area contributed by atoms with Crippen LogP contribution in [-0.4, -0.2) is 29.8 Å². The number of carbonyl (C=O) groups is 1. The van der Waals surface area contributed by atoms with E-state index < -0.39 is 5.97 Å². The first-order chi connectivity index (χ1) is 9.56. The number of thiazole rings is 1. The molecule has 2 aromatic rings. The molecule has 1 aromatic heterocycles. The number of aromatic carboxylic acids is 1. The van der Waals surface area contributed by atoms with Crippen molar-refractivity contribution in [2.24, 2.45) is 0 Å². The zero-order valence-electron chi connectivity index (χ0n) is 11.5. The molecular weight excluding hydrogens is 278 g/mol. The standard InChI is InChI=1S/C14H15NO4S/c1-4-19-10-6-5-9(7-11(10)18-3)13-15-8(2)12(20-13)14(16)17/h5-7H,4H2,1-3H3,(H,16,17). The van der Waals surface area contributed by atoms with Gasteiger partial charge in [0.2, 0.25) is 0 Å². The number of aryl methyl sites for hydroxylation is 1. The summed E-state index contributed by atoms with van der Waals surface area (Å²) in [6.45, 7) is 4.14. The SMILES string of the molecule is CCOc1ccc(-c2nc(C)c(C(=O)O)s2)cc1OC. The Morgan fingerprint density at radius 3 is 2.70 bits per heavy atom. The van der Waals surface area contributed by atoms with Crippen LogP contribution in [0.3, 0.4) is 0 Å². The number of carboxylic acid groups (broad SMARTS) is 1. The molecule has 6 heteroatoms. The first kappa shape index (κ1) is 14.3. The van der Waals surface area contributed by atoms with E-state index in [4.69, 9.17) is 14.6 Å². The monoisotopic (exact) mass is 293 g/mol. The molecule has 0 aliphatic carbocycles. The van der Waals surface area contributed by atoms with E-state index in [0.717, 1.165) is 16.9 Å². The third-order valence-electron chi connectivity index (χ3n) is 2.70. The van der Waals surface area contributed by atoms with Gasteiger partial charge in [-0.15, -0.1) is 11.3 Å². The van der Waals surface area contributed by atoms with Crippen molar-refractivity contribution in [3.05, 3.63) is 28.8 Å². The predicted molar refractivity (Wildman–Crippen MR) is 77.0 cm³/mol. The molecule has 0 spiro atoms. The fourth-order valence-electron chi connectivity index (χ4n) is 1.79. The summed E-state index contributed by atoms with van der Waals surface area (Å²) < 4.78 is 10.7. The Labute approximate surface area is 120 Å². The number of rotatable bonds is 5. The maximum Gasteiger partial charge on any atom is 0.347 e. The van der Waals surface area contributed by atoms with Gasteiger partial charge in [-0.1, -0.05) is 0 Å². The van der Waals surface area contributed by atoms with Crippen LogP contribution in [0.25, 0.3) is 10.6 Å². The third kappa shape index (κ3) is 2.75. The molecule has 0 atom stereocenters. The highest BCUT2D eigenvalue weighted by atomic mass is 32.1. The quantitative estimate of drug-likeness (QED) is 0.916. The zero-order chi connectivity index (χ0) is 14.7. The molecule has 1 aromatic carbocycles. The molecule has 0 bridgehead atoms. The molecule has 5 nitrogen and oxygen atoms in total. The Morgan fingerprint density at radius 2 is 2.15 bits per heavy atom. The van der Waals surface area contributed by atoms with Gasteiger partial charge in [-0.2, -0.15) is 0 Å². The summed E-state index contributed by atoms with van der Waals surface area (Å²) in [7, 11) is 1.57. The van der Waals surface area contributed by atoms with E-state index in [0.29, 0.717) is 28.8 Å². The van der Waals surface area contributed by atoms with Gasteiger partial charge in [-0.25, -0.2) is 9.78 Å². The lowest BCUT2D eigenvalue weighted by atomic mass is 10.2. The van der Waals surface area contributed by atoms with Gasteiger partial charge in [-0.05, 0) is 32.0 Å². The third-order valence-corrected chi connectivity index (χ3v) is 3.90. The summed E-state index contributed by atoms with van der Waals surface area (Å²) in [5, 5.41) is 9.72. The van der Waals surface area contributed by atoms with Crippen molar-refractivity contribution in [1.82, 2.24) is 4.98 Å². The average Bonchev–Trinajstić information content (AvgIpc) is 2.82. The smallest absolute Gasteiger partial charge is 0.347 e.